The van der Waals surface area contributed by atoms with Crippen LogP contribution in [0.15, 0.2) is 4.42 Å². The third-order valence-electron chi connectivity index (χ3n) is 3.47. The number of anilines is 1. The lowest BCUT2D eigenvalue weighted by Gasteiger charge is -2.07. The first kappa shape index (κ1) is 13.3. The average Bonchev–Trinajstić information content (AvgIpc) is 3.01. The molecule has 5 heteroatoms. The number of hydrogen-bond acceptors (Lipinski definition) is 5. The van der Waals surface area contributed by atoms with Gasteiger partial charge in [0.2, 0.25) is 5.89 Å². The molecule has 0 spiro atoms. The zero-order valence-corrected chi connectivity index (χ0v) is 11.2. The van der Waals surface area contributed by atoms with Crippen LogP contribution in [0.1, 0.15) is 51.3 Å². The van der Waals surface area contributed by atoms with Crippen LogP contribution >= 0.6 is 0 Å². The highest BCUT2D eigenvalue weighted by Crippen LogP contribution is 2.27. The molecule has 2 N–H and O–H groups in total. The molecule has 5 nitrogen and oxygen atoms in total. The van der Waals surface area contributed by atoms with Crippen LogP contribution in [-0.4, -0.2) is 23.3 Å². The lowest BCUT2D eigenvalue weighted by molar-refractivity contribution is 0.470. The summed E-state index contributed by atoms with van der Waals surface area (Å²) < 4.78 is 5.50. The van der Waals surface area contributed by atoms with Crippen LogP contribution in [0.5, 0.6) is 0 Å². The summed E-state index contributed by atoms with van der Waals surface area (Å²) >= 11 is 0. The van der Waals surface area contributed by atoms with Crippen LogP contribution in [0, 0.1) is 5.92 Å². The Kier molecular flexibility index (Phi) is 5.45. The van der Waals surface area contributed by atoms with Crippen molar-refractivity contribution in [3.05, 3.63) is 5.89 Å². The van der Waals surface area contributed by atoms with Crippen molar-refractivity contribution in [3.8, 4) is 0 Å². The molecule has 1 aromatic rings. The van der Waals surface area contributed by atoms with E-state index in [9.17, 15) is 0 Å². The van der Waals surface area contributed by atoms with Gasteiger partial charge in [0.15, 0.2) is 0 Å². The molecule has 0 aromatic carbocycles. The van der Waals surface area contributed by atoms with Crippen LogP contribution in [-0.2, 0) is 6.54 Å². The van der Waals surface area contributed by atoms with E-state index in [0.717, 1.165) is 25.4 Å². The van der Waals surface area contributed by atoms with E-state index in [0.29, 0.717) is 18.5 Å². The minimum atomic E-state index is 0.557. The molecule has 1 heterocycles. The second-order valence-corrected chi connectivity index (χ2v) is 5.04. The van der Waals surface area contributed by atoms with Gasteiger partial charge in [-0.05, 0) is 25.3 Å². The quantitative estimate of drug-likeness (QED) is 0.696. The normalized spacial score (nSPS) is 16.3. The number of nitrogens with one attached hydrogen (secondary N) is 2. The fourth-order valence-corrected chi connectivity index (χ4v) is 2.45. The molecule has 18 heavy (non-hydrogen) atoms. The van der Waals surface area contributed by atoms with E-state index in [2.05, 4.69) is 27.8 Å². The summed E-state index contributed by atoms with van der Waals surface area (Å²) in [5, 5.41) is 14.4. The fourth-order valence-electron chi connectivity index (χ4n) is 2.45. The van der Waals surface area contributed by atoms with Gasteiger partial charge in [0.1, 0.15) is 0 Å². The summed E-state index contributed by atoms with van der Waals surface area (Å²) in [5.74, 6) is 1.55. The summed E-state index contributed by atoms with van der Waals surface area (Å²) in [7, 11) is 0. The van der Waals surface area contributed by atoms with Gasteiger partial charge in [-0.1, -0.05) is 37.7 Å². The maximum absolute atomic E-state index is 5.50. The van der Waals surface area contributed by atoms with Gasteiger partial charge < -0.3 is 15.1 Å². The highest BCUT2D eigenvalue weighted by molar-refractivity contribution is 5.16. The molecule has 0 unspecified atom stereocenters. The van der Waals surface area contributed by atoms with Gasteiger partial charge in [0.25, 0.3) is 0 Å². The number of aromatic nitrogens is 2. The van der Waals surface area contributed by atoms with E-state index in [1.54, 1.807) is 0 Å². The first-order valence-corrected chi connectivity index (χ1v) is 7.15. The number of rotatable bonds is 8. The molecule has 1 saturated carbocycles. The maximum atomic E-state index is 5.50. The summed E-state index contributed by atoms with van der Waals surface area (Å²) in [4.78, 5) is 0. The van der Waals surface area contributed by atoms with Crippen molar-refractivity contribution in [1.82, 2.24) is 15.5 Å². The highest BCUT2D eigenvalue weighted by atomic mass is 16.4. The Labute approximate surface area is 109 Å². The van der Waals surface area contributed by atoms with Gasteiger partial charge in [-0.25, -0.2) is 0 Å². The van der Waals surface area contributed by atoms with Crippen molar-refractivity contribution in [2.24, 2.45) is 5.92 Å². The smallest absolute Gasteiger partial charge is 0.315 e. The van der Waals surface area contributed by atoms with Crippen molar-refractivity contribution in [1.29, 1.82) is 0 Å². The summed E-state index contributed by atoms with van der Waals surface area (Å²) in [6, 6.07) is 0.557. The first-order chi connectivity index (χ1) is 8.88. The summed E-state index contributed by atoms with van der Waals surface area (Å²) in [5.41, 5.74) is 0. The molecule has 1 aliphatic carbocycles. The average molecular weight is 252 g/mol. The zero-order valence-electron chi connectivity index (χ0n) is 11.2. The molecule has 1 aliphatic rings. The summed E-state index contributed by atoms with van der Waals surface area (Å²) in [6.07, 6.45) is 7.90. The van der Waals surface area contributed by atoms with Gasteiger partial charge in [-0.2, -0.15) is 0 Å². The van der Waals surface area contributed by atoms with Gasteiger partial charge in [-0.15, -0.1) is 5.10 Å². The van der Waals surface area contributed by atoms with E-state index >= 15 is 0 Å². The lowest BCUT2D eigenvalue weighted by Crippen LogP contribution is -2.13. The zero-order chi connectivity index (χ0) is 12.6. The van der Waals surface area contributed by atoms with Crippen LogP contribution in [0.4, 0.5) is 6.01 Å². The van der Waals surface area contributed by atoms with Crippen molar-refractivity contribution < 1.29 is 4.42 Å². The Morgan fingerprint density at radius 1 is 1.22 bits per heavy atom. The van der Waals surface area contributed by atoms with Gasteiger partial charge >= 0.3 is 6.01 Å². The molecule has 1 fully saturated rings. The molecule has 0 amide bonds. The summed E-state index contributed by atoms with van der Waals surface area (Å²) in [6.45, 7) is 4.71. The lowest BCUT2D eigenvalue weighted by atomic mass is 10.0. The van der Waals surface area contributed by atoms with Crippen LogP contribution in [0.3, 0.4) is 0 Å². The molecule has 0 aliphatic heterocycles. The van der Waals surface area contributed by atoms with E-state index in [-0.39, 0.29) is 0 Å². The standard InChI is InChI=1S/C13H24N4O/c1-2-8-14-10-12-16-17-13(18-12)15-9-7-11-5-3-4-6-11/h11,14H,2-10H2,1H3,(H,15,17). The van der Waals surface area contributed by atoms with Crippen molar-refractivity contribution in [3.63, 3.8) is 0 Å². The van der Waals surface area contributed by atoms with E-state index in [4.69, 9.17) is 4.42 Å². The van der Waals surface area contributed by atoms with E-state index < -0.39 is 0 Å². The van der Waals surface area contributed by atoms with Crippen molar-refractivity contribution in [2.75, 3.05) is 18.4 Å². The van der Waals surface area contributed by atoms with Gasteiger partial charge in [-0.3, -0.25) is 0 Å². The Balaban J connectivity index is 1.63. The molecular weight excluding hydrogens is 228 g/mol. The molecule has 2 rings (SSSR count). The third-order valence-corrected chi connectivity index (χ3v) is 3.47. The van der Waals surface area contributed by atoms with Crippen molar-refractivity contribution in [2.45, 2.75) is 52.0 Å². The van der Waals surface area contributed by atoms with Crippen LogP contribution in [0.2, 0.25) is 0 Å². The molecule has 0 atom stereocenters. The Bertz CT molecular complexity index is 333. The Morgan fingerprint density at radius 2 is 2.06 bits per heavy atom. The fraction of sp³-hybridized carbons (Fsp3) is 0.846. The maximum Gasteiger partial charge on any atom is 0.315 e. The molecule has 0 bridgehead atoms. The topological polar surface area (TPSA) is 63.0 Å². The predicted octanol–water partition coefficient (Wildman–Crippen LogP) is 2.56. The van der Waals surface area contributed by atoms with Crippen LogP contribution in [0.25, 0.3) is 0 Å². The first-order valence-electron chi connectivity index (χ1n) is 7.15. The van der Waals surface area contributed by atoms with Crippen LogP contribution < -0.4 is 10.6 Å². The SMILES string of the molecule is CCCNCc1nnc(NCCC2CCCC2)o1. The highest BCUT2D eigenvalue weighted by Gasteiger charge is 2.14. The van der Waals surface area contributed by atoms with E-state index in [1.807, 2.05) is 0 Å². The second-order valence-electron chi connectivity index (χ2n) is 5.04. The Hall–Kier alpha value is -1.10. The van der Waals surface area contributed by atoms with E-state index in [1.165, 1.54) is 32.1 Å². The minimum Gasteiger partial charge on any atom is -0.407 e. The number of nitrogens with zero attached hydrogens (tertiary/aromatic N) is 2. The van der Waals surface area contributed by atoms with Gasteiger partial charge in [0, 0.05) is 6.54 Å². The predicted molar refractivity (Wildman–Crippen MR) is 71.4 cm³/mol. The van der Waals surface area contributed by atoms with Gasteiger partial charge in [0.05, 0.1) is 6.54 Å². The molecule has 0 saturated heterocycles. The number of hydrogen-bond donors (Lipinski definition) is 2. The molecule has 1 aromatic heterocycles. The minimum absolute atomic E-state index is 0.557. The Morgan fingerprint density at radius 3 is 2.83 bits per heavy atom. The molecule has 0 radical (unpaired) electrons. The molecule has 102 valence electrons. The molecular formula is C13H24N4O. The monoisotopic (exact) mass is 252 g/mol. The second kappa shape index (κ2) is 7.36. The van der Waals surface area contributed by atoms with Crippen molar-refractivity contribution >= 4 is 6.01 Å². The third kappa shape index (κ3) is 4.29. The largest absolute Gasteiger partial charge is 0.407 e.